The van der Waals surface area contributed by atoms with Crippen LogP contribution in [0.5, 0.6) is 11.5 Å². The zero-order chi connectivity index (χ0) is 16.2. The summed E-state index contributed by atoms with van der Waals surface area (Å²) in [6, 6.07) is 2.71. The molecule has 7 heteroatoms. The van der Waals surface area contributed by atoms with Gasteiger partial charge in [-0.25, -0.2) is 4.79 Å². The zero-order valence-electron chi connectivity index (χ0n) is 12.5. The van der Waals surface area contributed by atoms with Crippen LogP contribution in [0, 0.1) is 5.41 Å². The number of methoxy groups -OCH3 is 2. The number of hydrogen-bond donors (Lipinski definition) is 3. The van der Waals surface area contributed by atoms with Gasteiger partial charge in [-0.3, -0.25) is 4.79 Å². The zero-order valence-corrected chi connectivity index (χ0v) is 12.5. The van der Waals surface area contributed by atoms with Gasteiger partial charge in [0.1, 0.15) is 0 Å². The van der Waals surface area contributed by atoms with Crippen molar-refractivity contribution in [3.63, 3.8) is 0 Å². The van der Waals surface area contributed by atoms with Gasteiger partial charge in [-0.15, -0.1) is 0 Å². The number of rotatable bonds is 6. The Balaban J connectivity index is 3.28. The second-order valence-electron chi connectivity index (χ2n) is 5.10. The average molecular weight is 296 g/mol. The van der Waals surface area contributed by atoms with E-state index >= 15 is 0 Å². The number of carbonyl (C=O) groups is 2. The SMILES string of the molecule is COc1cc(NC(=O)C(C)(C)CN)c(C(=O)O)cc1OC. The molecule has 0 unspecified atom stereocenters. The molecule has 1 rings (SSSR count). The summed E-state index contributed by atoms with van der Waals surface area (Å²) in [5.41, 5.74) is 4.76. The Bertz CT molecular complexity index is 555. The van der Waals surface area contributed by atoms with Crippen LogP contribution in [-0.4, -0.2) is 37.7 Å². The van der Waals surface area contributed by atoms with Crippen molar-refractivity contribution in [2.45, 2.75) is 13.8 Å². The van der Waals surface area contributed by atoms with Crippen LogP contribution in [0.1, 0.15) is 24.2 Å². The van der Waals surface area contributed by atoms with Crippen molar-refractivity contribution in [2.75, 3.05) is 26.1 Å². The number of anilines is 1. The number of carboxylic acid groups (broad SMARTS) is 1. The van der Waals surface area contributed by atoms with Crippen LogP contribution < -0.4 is 20.5 Å². The molecule has 0 aliphatic rings. The monoisotopic (exact) mass is 296 g/mol. The standard InChI is InChI=1S/C14H20N2O5/c1-14(2,7-15)13(19)16-9-6-11(21-4)10(20-3)5-8(9)12(17)18/h5-6H,7,15H2,1-4H3,(H,16,19)(H,17,18). The van der Waals surface area contributed by atoms with Crippen LogP contribution in [0.15, 0.2) is 12.1 Å². The summed E-state index contributed by atoms with van der Waals surface area (Å²) in [6.45, 7) is 3.47. The van der Waals surface area contributed by atoms with E-state index < -0.39 is 11.4 Å². The van der Waals surface area contributed by atoms with Gasteiger partial charge in [0, 0.05) is 18.7 Å². The molecule has 0 aliphatic carbocycles. The third kappa shape index (κ3) is 3.63. The van der Waals surface area contributed by atoms with Gasteiger partial charge >= 0.3 is 5.97 Å². The molecule has 0 saturated carbocycles. The summed E-state index contributed by atoms with van der Waals surface area (Å²) in [5.74, 6) is -0.967. The molecule has 0 spiro atoms. The minimum Gasteiger partial charge on any atom is -0.493 e. The van der Waals surface area contributed by atoms with Gasteiger partial charge < -0.3 is 25.6 Å². The lowest BCUT2D eigenvalue weighted by molar-refractivity contribution is -0.123. The van der Waals surface area contributed by atoms with Crippen LogP contribution >= 0.6 is 0 Å². The van der Waals surface area contributed by atoms with Gasteiger partial charge in [-0.05, 0) is 13.8 Å². The molecule has 0 saturated heterocycles. The molecule has 21 heavy (non-hydrogen) atoms. The van der Waals surface area contributed by atoms with Gasteiger partial charge in [0.05, 0.1) is 30.9 Å². The Labute approximate surface area is 123 Å². The smallest absolute Gasteiger partial charge is 0.337 e. The van der Waals surface area contributed by atoms with Gasteiger partial charge in [0.2, 0.25) is 5.91 Å². The molecule has 0 aliphatic heterocycles. The molecule has 116 valence electrons. The summed E-state index contributed by atoms with van der Waals surface area (Å²) in [5, 5.41) is 11.8. The van der Waals surface area contributed by atoms with E-state index in [1.807, 2.05) is 0 Å². The number of aromatic carboxylic acids is 1. The second-order valence-corrected chi connectivity index (χ2v) is 5.10. The number of nitrogens with one attached hydrogen (secondary N) is 1. The summed E-state index contributed by atoms with van der Waals surface area (Å²) in [6.07, 6.45) is 0. The van der Waals surface area contributed by atoms with Crippen LogP contribution in [0.25, 0.3) is 0 Å². The summed E-state index contributed by atoms with van der Waals surface area (Å²) in [7, 11) is 2.83. The fourth-order valence-corrected chi connectivity index (χ4v) is 1.54. The number of nitrogens with two attached hydrogens (primary N) is 1. The Kier molecular flexibility index (Phi) is 5.15. The van der Waals surface area contributed by atoms with E-state index in [9.17, 15) is 14.7 Å². The molecule has 0 aromatic heterocycles. The highest BCUT2D eigenvalue weighted by molar-refractivity contribution is 6.03. The molecule has 1 amide bonds. The second kappa shape index (κ2) is 6.45. The lowest BCUT2D eigenvalue weighted by Crippen LogP contribution is -2.37. The fourth-order valence-electron chi connectivity index (χ4n) is 1.54. The molecule has 0 heterocycles. The predicted molar refractivity (Wildman–Crippen MR) is 78.0 cm³/mol. The maximum absolute atomic E-state index is 12.1. The normalized spacial score (nSPS) is 10.9. The first-order valence-electron chi connectivity index (χ1n) is 6.27. The molecule has 1 aromatic rings. The Hall–Kier alpha value is -2.28. The third-order valence-corrected chi connectivity index (χ3v) is 3.13. The molecule has 7 nitrogen and oxygen atoms in total. The number of benzene rings is 1. The van der Waals surface area contributed by atoms with Gasteiger partial charge in [-0.1, -0.05) is 0 Å². The first-order chi connectivity index (χ1) is 9.76. The summed E-state index contributed by atoms with van der Waals surface area (Å²) in [4.78, 5) is 23.5. The quantitative estimate of drug-likeness (QED) is 0.730. The summed E-state index contributed by atoms with van der Waals surface area (Å²) < 4.78 is 10.2. The Morgan fingerprint density at radius 1 is 1.24 bits per heavy atom. The fraction of sp³-hybridized carbons (Fsp3) is 0.429. The minimum atomic E-state index is -1.18. The van der Waals surface area contributed by atoms with Crippen LogP contribution in [0.4, 0.5) is 5.69 Å². The Morgan fingerprint density at radius 3 is 2.19 bits per heavy atom. The van der Waals surface area contributed by atoms with Gasteiger partial charge in [-0.2, -0.15) is 0 Å². The highest BCUT2D eigenvalue weighted by Crippen LogP contribution is 2.34. The van der Waals surface area contributed by atoms with Crippen molar-refractivity contribution in [3.8, 4) is 11.5 Å². The van der Waals surface area contributed by atoms with Crippen LogP contribution in [-0.2, 0) is 4.79 Å². The lowest BCUT2D eigenvalue weighted by Gasteiger charge is -2.22. The third-order valence-electron chi connectivity index (χ3n) is 3.13. The minimum absolute atomic E-state index is 0.0891. The maximum atomic E-state index is 12.1. The number of carbonyl (C=O) groups excluding carboxylic acids is 1. The molecular formula is C14H20N2O5. The van der Waals surface area contributed by atoms with E-state index in [1.165, 1.54) is 26.4 Å². The lowest BCUT2D eigenvalue weighted by atomic mass is 9.92. The number of carboxylic acids is 1. The highest BCUT2D eigenvalue weighted by atomic mass is 16.5. The molecular weight excluding hydrogens is 276 g/mol. The van der Waals surface area contributed by atoms with Gasteiger partial charge in [0.25, 0.3) is 0 Å². The van der Waals surface area contributed by atoms with E-state index in [1.54, 1.807) is 13.8 Å². The van der Waals surface area contributed by atoms with Crippen molar-refractivity contribution in [1.29, 1.82) is 0 Å². The molecule has 1 aromatic carbocycles. The predicted octanol–water partition coefficient (Wildman–Crippen LogP) is 1.33. The van der Waals surface area contributed by atoms with E-state index in [2.05, 4.69) is 5.32 Å². The van der Waals surface area contributed by atoms with E-state index in [4.69, 9.17) is 15.2 Å². The summed E-state index contributed by atoms with van der Waals surface area (Å²) >= 11 is 0. The molecule has 0 fully saturated rings. The van der Waals surface area contributed by atoms with Crippen molar-refractivity contribution >= 4 is 17.6 Å². The van der Waals surface area contributed by atoms with Crippen LogP contribution in [0.3, 0.4) is 0 Å². The number of ether oxygens (including phenoxy) is 2. The molecule has 0 radical (unpaired) electrons. The van der Waals surface area contributed by atoms with E-state index in [-0.39, 0.29) is 29.5 Å². The largest absolute Gasteiger partial charge is 0.493 e. The Morgan fingerprint density at radius 2 is 1.76 bits per heavy atom. The first kappa shape index (κ1) is 16.8. The van der Waals surface area contributed by atoms with E-state index in [0.29, 0.717) is 5.75 Å². The molecule has 0 atom stereocenters. The average Bonchev–Trinajstić information content (AvgIpc) is 2.46. The number of hydrogen-bond acceptors (Lipinski definition) is 5. The topological polar surface area (TPSA) is 111 Å². The molecule has 4 N–H and O–H groups in total. The van der Waals surface area contributed by atoms with Crippen molar-refractivity contribution in [1.82, 2.24) is 0 Å². The van der Waals surface area contributed by atoms with Crippen LogP contribution in [0.2, 0.25) is 0 Å². The van der Waals surface area contributed by atoms with Crippen molar-refractivity contribution in [2.24, 2.45) is 11.1 Å². The van der Waals surface area contributed by atoms with Gasteiger partial charge in [0.15, 0.2) is 11.5 Å². The van der Waals surface area contributed by atoms with Crippen molar-refractivity contribution in [3.05, 3.63) is 17.7 Å². The van der Waals surface area contributed by atoms with Crippen molar-refractivity contribution < 1.29 is 24.2 Å². The highest BCUT2D eigenvalue weighted by Gasteiger charge is 2.27. The first-order valence-corrected chi connectivity index (χ1v) is 6.27. The van der Waals surface area contributed by atoms with E-state index in [0.717, 1.165) is 0 Å². The molecule has 0 bridgehead atoms. The number of amides is 1. The maximum Gasteiger partial charge on any atom is 0.337 e.